The van der Waals surface area contributed by atoms with E-state index >= 15 is 0 Å². The van der Waals surface area contributed by atoms with E-state index in [1.54, 1.807) is 4.31 Å². The van der Waals surface area contributed by atoms with Crippen molar-refractivity contribution in [2.24, 2.45) is 11.8 Å². The molecule has 1 aliphatic heterocycles. The molecule has 0 aliphatic carbocycles. The van der Waals surface area contributed by atoms with E-state index in [4.69, 9.17) is 0 Å². The van der Waals surface area contributed by atoms with E-state index in [0.717, 1.165) is 32.2 Å². The Kier molecular flexibility index (Phi) is 7.43. The zero-order valence-corrected chi connectivity index (χ0v) is 14.2. The smallest absolute Gasteiger partial charge is 0.279 e. The molecule has 0 saturated carbocycles. The van der Waals surface area contributed by atoms with Crippen molar-refractivity contribution in [2.75, 3.05) is 26.7 Å². The normalized spacial score (nSPS) is 23.1. The van der Waals surface area contributed by atoms with Gasteiger partial charge in [0.05, 0.1) is 0 Å². The van der Waals surface area contributed by atoms with Crippen molar-refractivity contribution in [1.29, 1.82) is 0 Å². The fraction of sp³-hybridized carbons (Fsp3) is 1.00. The van der Waals surface area contributed by atoms with Crippen LogP contribution in [0.1, 0.15) is 46.5 Å². The molecule has 0 bridgehead atoms. The summed E-state index contributed by atoms with van der Waals surface area (Å²) >= 11 is 0. The predicted molar refractivity (Wildman–Crippen MR) is 83.8 cm³/mol. The number of rotatable bonds is 8. The largest absolute Gasteiger partial charge is 0.319 e. The molecule has 1 heterocycles. The highest BCUT2D eigenvalue weighted by molar-refractivity contribution is 7.87. The Hall–Kier alpha value is -0.170. The summed E-state index contributed by atoms with van der Waals surface area (Å²) in [6.07, 6.45) is 4.06. The molecule has 2 unspecified atom stereocenters. The van der Waals surface area contributed by atoms with Crippen LogP contribution in [-0.4, -0.2) is 45.4 Å². The van der Waals surface area contributed by atoms with Crippen LogP contribution >= 0.6 is 0 Å². The number of hydrogen-bond donors (Lipinski definition) is 2. The van der Waals surface area contributed by atoms with Gasteiger partial charge in [0, 0.05) is 19.1 Å². The Balaban J connectivity index is 2.63. The lowest BCUT2D eigenvalue weighted by atomic mass is 9.96. The summed E-state index contributed by atoms with van der Waals surface area (Å²) in [5.41, 5.74) is 0. The Morgan fingerprint density at radius 1 is 1.30 bits per heavy atom. The lowest BCUT2D eigenvalue weighted by molar-refractivity contribution is 0.257. The summed E-state index contributed by atoms with van der Waals surface area (Å²) in [4.78, 5) is 0. The van der Waals surface area contributed by atoms with Crippen molar-refractivity contribution >= 4 is 10.2 Å². The van der Waals surface area contributed by atoms with Gasteiger partial charge < -0.3 is 5.32 Å². The highest BCUT2D eigenvalue weighted by Gasteiger charge is 2.30. The first-order chi connectivity index (χ1) is 9.44. The van der Waals surface area contributed by atoms with Gasteiger partial charge in [0.25, 0.3) is 10.2 Å². The van der Waals surface area contributed by atoms with Crippen molar-refractivity contribution in [1.82, 2.24) is 14.3 Å². The van der Waals surface area contributed by atoms with Crippen LogP contribution in [0.25, 0.3) is 0 Å². The Bertz CT molecular complexity index is 367. The van der Waals surface area contributed by atoms with E-state index in [9.17, 15) is 8.42 Å². The summed E-state index contributed by atoms with van der Waals surface area (Å²) in [5.74, 6) is 0.830. The molecule has 2 atom stereocenters. The maximum atomic E-state index is 12.5. The van der Waals surface area contributed by atoms with Crippen LogP contribution in [-0.2, 0) is 10.2 Å². The third-order valence-corrected chi connectivity index (χ3v) is 6.09. The molecular formula is C14H31N3O2S. The SMILES string of the molecule is CCC(CC)C(C)NS(=O)(=O)N1CCCC(CNC)C1. The third-order valence-electron chi connectivity index (χ3n) is 4.41. The quantitative estimate of drug-likeness (QED) is 0.716. The molecule has 1 fully saturated rings. The first-order valence-electron chi connectivity index (χ1n) is 7.86. The van der Waals surface area contributed by atoms with E-state index in [1.807, 2.05) is 14.0 Å². The van der Waals surface area contributed by atoms with Gasteiger partial charge in [-0.1, -0.05) is 26.7 Å². The molecule has 0 radical (unpaired) electrons. The number of nitrogens with zero attached hydrogens (tertiary/aromatic N) is 1. The van der Waals surface area contributed by atoms with Gasteiger partial charge in [-0.15, -0.1) is 0 Å². The first-order valence-corrected chi connectivity index (χ1v) is 9.30. The number of hydrogen-bond acceptors (Lipinski definition) is 3. The van der Waals surface area contributed by atoms with Gasteiger partial charge in [0.1, 0.15) is 0 Å². The lowest BCUT2D eigenvalue weighted by Gasteiger charge is -2.33. The second-order valence-electron chi connectivity index (χ2n) is 5.91. The first kappa shape index (κ1) is 17.9. The van der Waals surface area contributed by atoms with Gasteiger partial charge in [0.2, 0.25) is 0 Å². The summed E-state index contributed by atoms with van der Waals surface area (Å²) in [5, 5.41) is 3.14. The van der Waals surface area contributed by atoms with Gasteiger partial charge in [-0.2, -0.15) is 17.4 Å². The van der Waals surface area contributed by atoms with Gasteiger partial charge in [-0.3, -0.25) is 0 Å². The minimum atomic E-state index is -3.34. The van der Waals surface area contributed by atoms with Gasteiger partial charge in [-0.05, 0) is 45.2 Å². The predicted octanol–water partition coefficient (Wildman–Crippen LogP) is 1.58. The summed E-state index contributed by atoms with van der Waals surface area (Å²) in [6, 6.07) is -0.000299. The molecule has 1 rings (SSSR count). The zero-order chi connectivity index (χ0) is 15.2. The average molecular weight is 305 g/mol. The Labute approximate surface area is 124 Å². The topological polar surface area (TPSA) is 61.4 Å². The van der Waals surface area contributed by atoms with Crippen LogP contribution in [0.4, 0.5) is 0 Å². The zero-order valence-electron chi connectivity index (χ0n) is 13.4. The molecule has 0 aromatic rings. The van der Waals surface area contributed by atoms with Crippen molar-refractivity contribution in [3.8, 4) is 0 Å². The van der Waals surface area contributed by atoms with Crippen molar-refractivity contribution < 1.29 is 8.42 Å². The Morgan fingerprint density at radius 3 is 2.50 bits per heavy atom. The van der Waals surface area contributed by atoms with E-state index in [-0.39, 0.29) is 6.04 Å². The second kappa shape index (κ2) is 8.32. The third kappa shape index (κ3) is 4.98. The van der Waals surface area contributed by atoms with Crippen LogP contribution < -0.4 is 10.0 Å². The van der Waals surface area contributed by atoms with Crippen LogP contribution in [0.3, 0.4) is 0 Å². The minimum Gasteiger partial charge on any atom is -0.319 e. The van der Waals surface area contributed by atoms with Crippen molar-refractivity contribution in [2.45, 2.75) is 52.5 Å². The average Bonchev–Trinajstić information content (AvgIpc) is 2.40. The van der Waals surface area contributed by atoms with Crippen LogP contribution in [0, 0.1) is 11.8 Å². The van der Waals surface area contributed by atoms with Crippen LogP contribution in [0.15, 0.2) is 0 Å². The van der Waals surface area contributed by atoms with Gasteiger partial charge in [0.15, 0.2) is 0 Å². The molecule has 1 saturated heterocycles. The molecule has 1 aliphatic rings. The fourth-order valence-corrected chi connectivity index (χ4v) is 4.69. The maximum absolute atomic E-state index is 12.5. The Morgan fingerprint density at radius 2 is 1.95 bits per heavy atom. The highest BCUT2D eigenvalue weighted by atomic mass is 32.2. The molecular weight excluding hydrogens is 274 g/mol. The van der Waals surface area contributed by atoms with E-state index in [1.165, 1.54) is 0 Å². The summed E-state index contributed by atoms with van der Waals surface area (Å²) < 4.78 is 29.4. The molecule has 5 nitrogen and oxygen atoms in total. The molecule has 0 amide bonds. The van der Waals surface area contributed by atoms with E-state index in [2.05, 4.69) is 23.9 Å². The number of nitrogens with one attached hydrogen (secondary N) is 2. The summed E-state index contributed by atoms with van der Waals surface area (Å²) in [6.45, 7) is 8.36. The van der Waals surface area contributed by atoms with Crippen LogP contribution in [0.5, 0.6) is 0 Å². The van der Waals surface area contributed by atoms with Gasteiger partial charge >= 0.3 is 0 Å². The summed E-state index contributed by atoms with van der Waals surface area (Å²) in [7, 11) is -1.43. The molecule has 0 spiro atoms. The fourth-order valence-electron chi connectivity index (χ4n) is 3.10. The van der Waals surface area contributed by atoms with E-state index < -0.39 is 10.2 Å². The second-order valence-corrected chi connectivity index (χ2v) is 7.61. The van der Waals surface area contributed by atoms with Crippen molar-refractivity contribution in [3.05, 3.63) is 0 Å². The molecule has 0 aromatic carbocycles. The molecule has 20 heavy (non-hydrogen) atoms. The highest BCUT2D eigenvalue weighted by Crippen LogP contribution is 2.20. The molecule has 120 valence electrons. The molecule has 2 N–H and O–H groups in total. The van der Waals surface area contributed by atoms with E-state index in [0.29, 0.717) is 24.9 Å². The lowest BCUT2D eigenvalue weighted by Crippen LogP contribution is -2.50. The number of piperidine rings is 1. The maximum Gasteiger partial charge on any atom is 0.279 e. The van der Waals surface area contributed by atoms with Crippen molar-refractivity contribution in [3.63, 3.8) is 0 Å². The molecule has 6 heteroatoms. The van der Waals surface area contributed by atoms with Gasteiger partial charge in [-0.25, -0.2) is 0 Å². The molecule has 0 aromatic heterocycles. The monoisotopic (exact) mass is 305 g/mol. The minimum absolute atomic E-state index is 0.000299. The standard InChI is InChI=1S/C14H31N3O2S/c1-5-14(6-2)12(3)16-20(18,19)17-9-7-8-13(11-17)10-15-4/h12-16H,5-11H2,1-4H3. The van der Waals surface area contributed by atoms with Crippen LogP contribution in [0.2, 0.25) is 0 Å².